The maximum Gasteiger partial charge on any atom is 0.0713 e. The van der Waals surface area contributed by atoms with Crippen LogP contribution < -0.4 is 5.32 Å². The Kier molecular flexibility index (Phi) is 7.20. The number of aromatic amines is 1. The number of alkyl halides is 1. The average Bonchev–Trinajstić information content (AvgIpc) is 2.64. The second-order valence-corrected chi connectivity index (χ2v) is 6.57. The molecule has 1 aromatic heterocycles. The van der Waals surface area contributed by atoms with Crippen molar-refractivity contribution in [2.45, 2.75) is 57.9 Å². The van der Waals surface area contributed by atoms with Crippen molar-refractivity contribution in [1.82, 2.24) is 15.3 Å². The summed E-state index contributed by atoms with van der Waals surface area (Å²) in [5.41, 5.74) is 3.06. The van der Waals surface area contributed by atoms with Crippen LogP contribution in [0.2, 0.25) is 0 Å². The molecule has 22 heavy (non-hydrogen) atoms. The molecule has 2 rings (SSSR count). The highest BCUT2D eigenvalue weighted by molar-refractivity contribution is 6.16. The van der Waals surface area contributed by atoms with E-state index >= 15 is 0 Å². The van der Waals surface area contributed by atoms with Gasteiger partial charge < -0.3 is 10.3 Å². The van der Waals surface area contributed by atoms with Crippen LogP contribution in [-0.4, -0.2) is 16.5 Å². The quantitative estimate of drug-likeness (QED) is 0.764. The standard InChI is InChI=1S/C18H28ClN3/c1-14-8-9-17(12-20-13-18(10-19)22-14)15(2)21-11-16-6-4-3-5-7-16/h8-9,12-13,15-16,20-21H,3-7,10-11H2,1-2H3. The van der Waals surface area contributed by atoms with Gasteiger partial charge >= 0.3 is 0 Å². The molecule has 1 aromatic rings. The zero-order valence-electron chi connectivity index (χ0n) is 13.7. The number of aromatic nitrogens is 2. The van der Waals surface area contributed by atoms with E-state index < -0.39 is 0 Å². The first-order valence-corrected chi connectivity index (χ1v) is 8.90. The van der Waals surface area contributed by atoms with Crippen molar-refractivity contribution in [2.24, 2.45) is 5.92 Å². The fraction of sp³-hybridized carbons (Fsp3) is 0.611. The molecule has 0 saturated heterocycles. The van der Waals surface area contributed by atoms with Crippen LogP contribution in [0.1, 0.15) is 62.0 Å². The summed E-state index contributed by atoms with van der Waals surface area (Å²) in [6.45, 7) is 5.33. The number of aryl methyl sites for hydroxylation is 1. The molecular formula is C18H28ClN3. The molecule has 1 aliphatic carbocycles. The fourth-order valence-electron chi connectivity index (χ4n) is 2.99. The number of nitrogens with one attached hydrogen (secondary N) is 2. The van der Waals surface area contributed by atoms with Gasteiger partial charge in [-0.05, 0) is 50.8 Å². The first-order valence-electron chi connectivity index (χ1n) is 8.37. The van der Waals surface area contributed by atoms with Gasteiger partial charge in [-0.3, -0.25) is 4.98 Å². The molecule has 4 heteroatoms. The lowest BCUT2D eigenvalue weighted by Crippen LogP contribution is -2.27. The molecule has 122 valence electrons. The SMILES string of the molecule is Cc1ccc(C(C)NCC2CCCCC2)c[nH]cc(CCl)n1. The van der Waals surface area contributed by atoms with E-state index in [-0.39, 0.29) is 0 Å². The number of hydrogen-bond acceptors (Lipinski definition) is 2. The first kappa shape index (κ1) is 17.3. The van der Waals surface area contributed by atoms with Gasteiger partial charge in [0.15, 0.2) is 0 Å². The highest BCUT2D eigenvalue weighted by Crippen LogP contribution is 2.23. The highest BCUT2D eigenvalue weighted by Gasteiger charge is 2.14. The Morgan fingerprint density at radius 2 is 2.05 bits per heavy atom. The van der Waals surface area contributed by atoms with Crippen molar-refractivity contribution in [2.75, 3.05) is 6.54 Å². The lowest BCUT2D eigenvalue weighted by atomic mass is 9.89. The molecular weight excluding hydrogens is 294 g/mol. The van der Waals surface area contributed by atoms with Gasteiger partial charge in [0, 0.05) is 24.1 Å². The smallest absolute Gasteiger partial charge is 0.0713 e. The van der Waals surface area contributed by atoms with Crippen LogP contribution in [0.3, 0.4) is 0 Å². The molecule has 3 nitrogen and oxygen atoms in total. The molecule has 0 spiro atoms. The third-order valence-electron chi connectivity index (χ3n) is 4.41. The summed E-state index contributed by atoms with van der Waals surface area (Å²) in [6.07, 6.45) is 10.9. The van der Waals surface area contributed by atoms with E-state index in [2.05, 4.69) is 34.3 Å². The van der Waals surface area contributed by atoms with E-state index in [0.717, 1.165) is 23.9 Å². The molecule has 0 aromatic carbocycles. The molecule has 1 aliphatic rings. The molecule has 1 unspecified atom stereocenters. The monoisotopic (exact) mass is 321 g/mol. The van der Waals surface area contributed by atoms with Gasteiger partial charge in [0.05, 0.1) is 11.6 Å². The van der Waals surface area contributed by atoms with Crippen molar-refractivity contribution < 1.29 is 0 Å². The Bertz CT molecular complexity index is 505. The minimum atomic E-state index is 0.324. The van der Waals surface area contributed by atoms with Crippen molar-refractivity contribution >= 4 is 11.6 Å². The summed E-state index contributed by atoms with van der Waals surface area (Å²) in [5, 5.41) is 3.68. The normalized spacial score (nSPS) is 17.0. The van der Waals surface area contributed by atoms with Gasteiger partial charge in [-0.2, -0.15) is 0 Å². The minimum Gasteiger partial charge on any atom is -0.366 e. The van der Waals surface area contributed by atoms with Crippen molar-refractivity contribution in [3.63, 3.8) is 0 Å². The van der Waals surface area contributed by atoms with Gasteiger partial charge in [-0.1, -0.05) is 25.3 Å². The predicted octanol–water partition coefficient (Wildman–Crippen LogP) is 4.81. The summed E-state index contributed by atoms with van der Waals surface area (Å²) in [4.78, 5) is 7.68. The molecule has 0 bridgehead atoms. The second kappa shape index (κ2) is 9.16. The van der Waals surface area contributed by atoms with Crippen LogP contribution in [-0.2, 0) is 5.88 Å². The Hall–Kier alpha value is -1.06. The van der Waals surface area contributed by atoms with Crippen LogP contribution in [0.5, 0.6) is 0 Å². The van der Waals surface area contributed by atoms with Gasteiger partial charge in [0.1, 0.15) is 0 Å². The molecule has 2 N–H and O–H groups in total. The molecule has 1 fully saturated rings. The topological polar surface area (TPSA) is 40.7 Å². The Morgan fingerprint density at radius 1 is 1.27 bits per heavy atom. The zero-order chi connectivity index (χ0) is 15.8. The number of H-pyrrole nitrogens is 1. The highest BCUT2D eigenvalue weighted by atomic mass is 35.5. The summed E-state index contributed by atoms with van der Waals surface area (Å²) in [7, 11) is 0. The van der Waals surface area contributed by atoms with E-state index in [1.165, 1.54) is 37.7 Å². The number of nitrogens with zero attached hydrogens (tertiary/aromatic N) is 1. The maximum absolute atomic E-state index is 5.89. The van der Waals surface area contributed by atoms with Gasteiger partial charge in [0.25, 0.3) is 0 Å². The molecule has 1 saturated carbocycles. The molecule has 1 atom stereocenters. The van der Waals surface area contributed by atoms with Crippen molar-refractivity contribution in [1.29, 1.82) is 0 Å². The molecule has 0 radical (unpaired) electrons. The summed E-state index contributed by atoms with van der Waals surface area (Å²) < 4.78 is 0. The number of hydrogen-bond donors (Lipinski definition) is 2. The number of rotatable bonds is 5. The van der Waals surface area contributed by atoms with Crippen LogP contribution in [0, 0.1) is 12.8 Å². The van der Waals surface area contributed by atoms with E-state index in [4.69, 9.17) is 11.6 Å². The summed E-state index contributed by atoms with van der Waals surface area (Å²) in [6, 6.07) is 4.51. The lowest BCUT2D eigenvalue weighted by Gasteiger charge is -2.24. The maximum atomic E-state index is 5.89. The van der Waals surface area contributed by atoms with Gasteiger partial charge in [-0.25, -0.2) is 0 Å². The Labute approximate surface area is 139 Å². The number of halogens is 1. The zero-order valence-corrected chi connectivity index (χ0v) is 14.5. The van der Waals surface area contributed by atoms with Crippen molar-refractivity contribution in [3.8, 4) is 0 Å². The lowest BCUT2D eigenvalue weighted by molar-refractivity contribution is 0.331. The predicted molar refractivity (Wildman–Crippen MR) is 93.5 cm³/mol. The third-order valence-corrected chi connectivity index (χ3v) is 4.69. The van der Waals surface area contributed by atoms with Crippen LogP contribution >= 0.6 is 11.6 Å². The summed E-state index contributed by atoms with van der Waals surface area (Å²) in [5.74, 6) is 1.26. The Morgan fingerprint density at radius 3 is 2.77 bits per heavy atom. The third kappa shape index (κ3) is 5.62. The minimum absolute atomic E-state index is 0.324. The molecule has 0 aliphatic heterocycles. The van der Waals surface area contributed by atoms with Crippen LogP contribution in [0.15, 0.2) is 24.5 Å². The second-order valence-electron chi connectivity index (χ2n) is 6.30. The van der Waals surface area contributed by atoms with E-state index in [1.54, 1.807) is 0 Å². The van der Waals surface area contributed by atoms with E-state index in [0.29, 0.717) is 11.9 Å². The first-order chi connectivity index (χ1) is 10.7. The summed E-state index contributed by atoms with van der Waals surface area (Å²) >= 11 is 5.89. The van der Waals surface area contributed by atoms with E-state index in [1.807, 2.05) is 19.3 Å². The average molecular weight is 322 g/mol. The molecule has 0 amide bonds. The Balaban J connectivity index is 2.04. The van der Waals surface area contributed by atoms with Gasteiger partial charge in [0.2, 0.25) is 0 Å². The molecule has 1 heterocycles. The van der Waals surface area contributed by atoms with Crippen molar-refractivity contribution in [3.05, 3.63) is 41.5 Å². The van der Waals surface area contributed by atoms with Crippen LogP contribution in [0.4, 0.5) is 0 Å². The largest absolute Gasteiger partial charge is 0.366 e. The van der Waals surface area contributed by atoms with Crippen LogP contribution in [0.25, 0.3) is 0 Å². The fourth-order valence-corrected chi connectivity index (χ4v) is 3.12. The van der Waals surface area contributed by atoms with E-state index in [9.17, 15) is 0 Å². The van der Waals surface area contributed by atoms with Gasteiger partial charge in [-0.15, -0.1) is 11.6 Å².